The highest BCUT2D eigenvalue weighted by atomic mass is 32.2. The van der Waals surface area contributed by atoms with Gasteiger partial charge in [-0.15, -0.1) is 0 Å². The van der Waals surface area contributed by atoms with Gasteiger partial charge < -0.3 is 4.90 Å². The Hall–Kier alpha value is -2.40. The van der Waals surface area contributed by atoms with Crippen molar-refractivity contribution in [1.82, 2.24) is 0 Å². The van der Waals surface area contributed by atoms with Crippen molar-refractivity contribution in [2.24, 2.45) is 0 Å². The fourth-order valence-electron chi connectivity index (χ4n) is 3.44. The first-order valence-corrected chi connectivity index (χ1v) is 10.4. The van der Waals surface area contributed by atoms with Crippen molar-refractivity contribution in [2.75, 3.05) is 10.7 Å². The first-order valence-electron chi connectivity index (χ1n) is 8.71. The maximum absolute atomic E-state index is 13.4. The van der Waals surface area contributed by atoms with Gasteiger partial charge in [-0.3, -0.25) is 4.79 Å². The first-order chi connectivity index (χ1) is 12.3. The van der Waals surface area contributed by atoms with Crippen molar-refractivity contribution < 1.29 is 13.2 Å². The van der Waals surface area contributed by atoms with Gasteiger partial charge in [0.1, 0.15) is 0 Å². The molecule has 2 aromatic carbocycles. The van der Waals surface area contributed by atoms with Gasteiger partial charge in [0, 0.05) is 16.7 Å². The van der Waals surface area contributed by atoms with Crippen LogP contribution < -0.4 is 4.90 Å². The Kier molecular flexibility index (Phi) is 5.01. The number of benzene rings is 2. The highest BCUT2D eigenvalue weighted by molar-refractivity contribution is 7.94. The molecule has 0 fully saturated rings. The van der Waals surface area contributed by atoms with Gasteiger partial charge in [0.15, 0.2) is 9.84 Å². The Morgan fingerprint density at radius 3 is 2.35 bits per heavy atom. The fourth-order valence-corrected chi connectivity index (χ4v) is 4.71. The summed E-state index contributed by atoms with van der Waals surface area (Å²) < 4.78 is 23.9. The van der Waals surface area contributed by atoms with Crippen molar-refractivity contribution >= 4 is 21.4 Å². The maximum atomic E-state index is 13.4. The lowest BCUT2D eigenvalue weighted by atomic mass is 10.0. The molecular formula is C21H23NO3S. The summed E-state index contributed by atoms with van der Waals surface area (Å²) in [6.07, 6.45) is 2.37. The molecule has 0 saturated heterocycles. The third-order valence-corrected chi connectivity index (χ3v) is 5.94. The molecule has 0 bridgehead atoms. The molecule has 0 saturated carbocycles. The second-order valence-electron chi connectivity index (χ2n) is 6.76. The molecule has 1 aliphatic rings. The topological polar surface area (TPSA) is 54.5 Å². The van der Waals surface area contributed by atoms with Gasteiger partial charge in [-0.1, -0.05) is 42.3 Å². The summed E-state index contributed by atoms with van der Waals surface area (Å²) in [5.74, 6) is -0.258. The number of anilines is 1. The Labute approximate surface area is 155 Å². The number of nitrogens with zero attached hydrogens (tertiary/aromatic N) is 1. The zero-order valence-electron chi connectivity index (χ0n) is 15.3. The van der Waals surface area contributed by atoms with E-state index in [9.17, 15) is 13.2 Å². The van der Waals surface area contributed by atoms with Crippen LogP contribution in [0.15, 0.2) is 53.9 Å². The van der Waals surface area contributed by atoms with E-state index in [1.165, 1.54) is 5.41 Å². The number of rotatable bonds is 4. The highest BCUT2D eigenvalue weighted by Crippen LogP contribution is 2.29. The van der Waals surface area contributed by atoms with Crippen LogP contribution in [0.3, 0.4) is 0 Å². The standard InChI is InChI=1S/C21H23NO3S/c1-4-17-7-5-6-8-20(17)22(19-9-10-26(24,25)14-19)21(23)18-12-15(2)11-16(3)13-18/h5-13,19H,4,14H2,1-3H3/t19-/m1/s1. The molecule has 0 radical (unpaired) electrons. The predicted molar refractivity (Wildman–Crippen MR) is 105 cm³/mol. The monoisotopic (exact) mass is 369 g/mol. The van der Waals surface area contributed by atoms with Crippen molar-refractivity contribution in [2.45, 2.75) is 33.2 Å². The van der Waals surface area contributed by atoms with Gasteiger partial charge >= 0.3 is 0 Å². The Morgan fingerprint density at radius 1 is 1.12 bits per heavy atom. The number of para-hydroxylation sites is 1. The van der Waals surface area contributed by atoms with Crippen LogP contribution in [0.5, 0.6) is 0 Å². The van der Waals surface area contributed by atoms with Crippen LogP contribution >= 0.6 is 0 Å². The fraction of sp³-hybridized carbons (Fsp3) is 0.286. The van der Waals surface area contributed by atoms with E-state index in [0.29, 0.717) is 5.56 Å². The van der Waals surface area contributed by atoms with E-state index in [4.69, 9.17) is 0 Å². The third-order valence-electron chi connectivity index (χ3n) is 4.56. The first kappa shape index (κ1) is 18.4. The van der Waals surface area contributed by atoms with Crippen molar-refractivity contribution in [3.05, 3.63) is 76.2 Å². The minimum Gasteiger partial charge on any atom is -0.300 e. The molecule has 0 aromatic heterocycles. The quantitative estimate of drug-likeness (QED) is 0.823. The molecule has 4 nitrogen and oxygen atoms in total. The van der Waals surface area contributed by atoms with Crippen LogP contribution in [-0.4, -0.2) is 26.1 Å². The molecule has 5 heteroatoms. The van der Waals surface area contributed by atoms with Crippen molar-refractivity contribution in [3.8, 4) is 0 Å². The lowest BCUT2D eigenvalue weighted by Crippen LogP contribution is -2.41. The SMILES string of the molecule is CCc1ccccc1N(C(=O)c1cc(C)cc(C)c1)[C@@H]1C=CS(=O)(=O)C1. The Balaban J connectivity index is 2.11. The summed E-state index contributed by atoms with van der Waals surface area (Å²) in [7, 11) is -3.27. The Bertz CT molecular complexity index is 956. The van der Waals surface area contributed by atoms with Crippen molar-refractivity contribution in [3.63, 3.8) is 0 Å². The number of hydrogen-bond acceptors (Lipinski definition) is 3. The summed E-state index contributed by atoms with van der Waals surface area (Å²) in [6.45, 7) is 5.93. The third kappa shape index (κ3) is 3.73. The number of hydrogen-bond donors (Lipinski definition) is 0. The second-order valence-corrected chi connectivity index (χ2v) is 8.69. The molecular weight excluding hydrogens is 346 g/mol. The molecule has 26 heavy (non-hydrogen) atoms. The number of sulfone groups is 1. The van der Waals surface area contributed by atoms with E-state index in [1.54, 1.807) is 11.0 Å². The average molecular weight is 369 g/mol. The zero-order valence-corrected chi connectivity index (χ0v) is 16.1. The molecule has 1 amide bonds. The molecule has 2 aromatic rings. The molecule has 0 N–H and O–H groups in total. The van der Waals surface area contributed by atoms with E-state index in [2.05, 4.69) is 0 Å². The van der Waals surface area contributed by atoms with E-state index in [1.807, 2.05) is 63.2 Å². The van der Waals surface area contributed by atoms with Crippen LogP contribution in [0.4, 0.5) is 5.69 Å². The highest BCUT2D eigenvalue weighted by Gasteiger charge is 2.33. The molecule has 3 rings (SSSR count). The van der Waals surface area contributed by atoms with Gasteiger partial charge in [0.25, 0.3) is 5.91 Å². The van der Waals surface area contributed by atoms with Gasteiger partial charge in [-0.25, -0.2) is 8.42 Å². The lowest BCUT2D eigenvalue weighted by molar-refractivity contribution is 0.0982. The van der Waals surface area contributed by atoms with Gasteiger partial charge in [-0.2, -0.15) is 0 Å². The molecule has 1 heterocycles. The smallest absolute Gasteiger partial charge is 0.258 e. The second kappa shape index (κ2) is 7.08. The average Bonchev–Trinajstić information content (AvgIpc) is 2.94. The Morgan fingerprint density at radius 2 is 1.77 bits per heavy atom. The molecule has 0 spiro atoms. The van der Waals surface area contributed by atoms with E-state index in [0.717, 1.165) is 28.8 Å². The van der Waals surface area contributed by atoms with Gasteiger partial charge in [-0.05, 0) is 50.1 Å². The van der Waals surface area contributed by atoms with Gasteiger partial charge in [0.2, 0.25) is 0 Å². The maximum Gasteiger partial charge on any atom is 0.258 e. The minimum atomic E-state index is -3.27. The molecule has 0 aliphatic carbocycles. The van der Waals surface area contributed by atoms with Crippen LogP contribution in [0, 0.1) is 13.8 Å². The molecule has 1 atom stereocenters. The summed E-state index contributed by atoms with van der Waals surface area (Å²) in [4.78, 5) is 15.0. The van der Waals surface area contributed by atoms with Gasteiger partial charge in [0.05, 0.1) is 11.8 Å². The number of amides is 1. The zero-order chi connectivity index (χ0) is 18.9. The van der Waals surface area contributed by atoms with Crippen molar-refractivity contribution in [1.29, 1.82) is 0 Å². The summed E-state index contributed by atoms with van der Waals surface area (Å²) in [5, 5.41) is 1.22. The van der Waals surface area contributed by atoms with Crippen LogP contribution in [0.2, 0.25) is 0 Å². The molecule has 136 valence electrons. The summed E-state index contributed by atoms with van der Waals surface area (Å²) in [5.41, 5.74) is 4.37. The van der Waals surface area contributed by atoms with E-state index >= 15 is 0 Å². The number of aryl methyl sites for hydroxylation is 3. The van der Waals surface area contributed by atoms with E-state index in [-0.39, 0.29) is 11.7 Å². The summed E-state index contributed by atoms with van der Waals surface area (Å²) >= 11 is 0. The van der Waals surface area contributed by atoms with E-state index < -0.39 is 15.9 Å². The predicted octanol–water partition coefficient (Wildman–Crippen LogP) is 3.82. The van der Waals surface area contributed by atoms with Crippen LogP contribution in [-0.2, 0) is 16.3 Å². The van der Waals surface area contributed by atoms with Crippen LogP contribution in [0.25, 0.3) is 0 Å². The molecule has 1 aliphatic heterocycles. The lowest BCUT2D eigenvalue weighted by Gasteiger charge is -2.30. The molecule has 0 unspecified atom stereocenters. The number of carbonyl (C=O) groups is 1. The largest absolute Gasteiger partial charge is 0.300 e. The normalized spacial score (nSPS) is 18.0. The number of carbonyl (C=O) groups excluding carboxylic acids is 1. The van der Waals surface area contributed by atoms with Crippen LogP contribution in [0.1, 0.15) is 34.0 Å². The minimum absolute atomic E-state index is 0.0818. The summed E-state index contributed by atoms with van der Waals surface area (Å²) in [6, 6.07) is 12.9.